The number of fused-ring (bicyclic) bond motifs is 1. The number of hydrogen-bond acceptors (Lipinski definition) is 4. The van der Waals surface area contributed by atoms with Crippen LogP contribution < -0.4 is 0 Å². The lowest BCUT2D eigenvalue weighted by Crippen LogP contribution is -2.38. The summed E-state index contributed by atoms with van der Waals surface area (Å²) in [6.45, 7) is 10.9. The maximum Gasteiger partial charge on any atom is 0.0777 e. The van der Waals surface area contributed by atoms with E-state index in [2.05, 4.69) is 32.1 Å². The van der Waals surface area contributed by atoms with Crippen LogP contribution in [0.1, 0.15) is 79.6 Å². The van der Waals surface area contributed by atoms with Gasteiger partial charge < -0.3 is 20.1 Å². The Morgan fingerprint density at radius 2 is 2.00 bits per heavy atom. The summed E-state index contributed by atoms with van der Waals surface area (Å²) < 4.78 is 6.18. The van der Waals surface area contributed by atoms with Gasteiger partial charge in [0.1, 0.15) is 0 Å². The van der Waals surface area contributed by atoms with E-state index in [1.54, 1.807) is 0 Å². The SMILES string of the molecule is CC1=C(/C=C/C2=CCC[C@]3(C)[C@@H]([C@H](C)OCCC(C)(C)O)CC[C@@H]23)C[C@@H](O)C[C@@H]1O. The van der Waals surface area contributed by atoms with Gasteiger partial charge in [-0.15, -0.1) is 0 Å². The predicted octanol–water partition coefficient (Wildman–Crippen LogP) is 4.69. The predicted molar refractivity (Wildman–Crippen MR) is 121 cm³/mol. The molecule has 3 aliphatic rings. The minimum absolute atomic E-state index is 0.194. The third-order valence-electron chi connectivity index (χ3n) is 7.97. The Kier molecular flexibility index (Phi) is 7.33. The molecule has 3 aliphatic carbocycles. The summed E-state index contributed by atoms with van der Waals surface area (Å²) in [5.41, 5.74) is 3.03. The molecular weight excluding hydrogens is 376 g/mol. The average molecular weight is 419 g/mol. The van der Waals surface area contributed by atoms with Gasteiger partial charge in [0.05, 0.1) is 23.9 Å². The quantitative estimate of drug-likeness (QED) is 0.561. The largest absolute Gasteiger partial charge is 0.393 e. The average Bonchev–Trinajstić information content (AvgIpc) is 3.00. The van der Waals surface area contributed by atoms with Crippen LogP contribution in [-0.4, -0.2) is 45.8 Å². The van der Waals surface area contributed by atoms with Crippen LogP contribution in [0.4, 0.5) is 0 Å². The summed E-state index contributed by atoms with van der Waals surface area (Å²) in [5, 5.41) is 30.2. The highest BCUT2D eigenvalue weighted by molar-refractivity contribution is 5.37. The summed E-state index contributed by atoms with van der Waals surface area (Å²) >= 11 is 0. The van der Waals surface area contributed by atoms with Gasteiger partial charge in [-0.2, -0.15) is 0 Å². The first-order chi connectivity index (χ1) is 14.0. The lowest BCUT2D eigenvalue weighted by atomic mass is 9.64. The minimum Gasteiger partial charge on any atom is -0.393 e. The van der Waals surface area contributed by atoms with Crippen LogP contribution in [0, 0.1) is 17.3 Å². The van der Waals surface area contributed by atoms with Crippen molar-refractivity contribution >= 4 is 0 Å². The van der Waals surface area contributed by atoms with Gasteiger partial charge >= 0.3 is 0 Å². The molecule has 0 bridgehead atoms. The van der Waals surface area contributed by atoms with Gasteiger partial charge in [0, 0.05) is 13.0 Å². The maximum atomic E-state index is 10.2. The van der Waals surface area contributed by atoms with Crippen molar-refractivity contribution < 1.29 is 20.1 Å². The van der Waals surface area contributed by atoms with Crippen molar-refractivity contribution in [3.8, 4) is 0 Å². The molecule has 0 saturated heterocycles. The Hall–Kier alpha value is -0.940. The molecule has 3 rings (SSSR count). The molecule has 0 aliphatic heterocycles. The number of hydrogen-bond donors (Lipinski definition) is 3. The summed E-state index contributed by atoms with van der Waals surface area (Å²) in [7, 11) is 0. The van der Waals surface area contributed by atoms with Crippen molar-refractivity contribution in [2.45, 2.75) is 103 Å². The third-order valence-corrected chi connectivity index (χ3v) is 7.97. The van der Waals surface area contributed by atoms with E-state index in [0.717, 1.165) is 17.6 Å². The second-order valence-corrected chi connectivity index (χ2v) is 10.8. The van der Waals surface area contributed by atoms with E-state index in [-0.39, 0.29) is 11.5 Å². The van der Waals surface area contributed by atoms with Gasteiger partial charge in [-0.3, -0.25) is 0 Å². The summed E-state index contributed by atoms with van der Waals surface area (Å²) in [6.07, 6.45) is 12.3. The molecule has 4 nitrogen and oxygen atoms in total. The van der Waals surface area contributed by atoms with Crippen molar-refractivity contribution in [2.24, 2.45) is 17.3 Å². The van der Waals surface area contributed by atoms with E-state index in [0.29, 0.717) is 37.7 Å². The zero-order chi connectivity index (χ0) is 22.1. The smallest absolute Gasteiger partial charge is 0.0777 e. The fraction of sp³-hybridized carbons (Fsp3) is 0.769. The van der Waals surface area contributed by atoms with E-state index in [1.165, 1.54) is 24.8 Å². The molecule has 1 saturated carbocycles. The molecule has 0 amide bonds. The van der Waals surface area contributed by atoms with Crippen LogP contribution in [0.2, 0.25) is 0 Å². The Balaban J connectivity index is 1.68. The van der Waals surface area contributed by atoms with Gasteiger partial charge in [-0.05, 0) is 100 Å². The highest BCUT2D eigenvalue weighted by Gasteiger charge is 2.50. The lowest BCUT2D eigenvalue weighted by molar-refractivity contribution is -0.0432. The Labute approximate surface area is 182 Å². The summed E-state index contributed by atoms with van der Waals surface area (Å²) in [4.78, 5) is 0. The fourth-order valence-corrected chi connectivity index (χ4v) is 5.97. The molecule has 0 aromatic carbocycles. The molecule has 4 heteroatoms. The van der Waals surface area contributed by atoms with Crippen LogP contribution in [0.25, 0.3) is 0 Å². The van der Waals surface area contributed by atoms with Gasteiger partial charge in [-0.25, -0.2) is 0 Å². The number of ether oxygens (including phenoxy) is 1. The third kappa shape index (κ3) is 5.27. The first-order valence-corrected chi connectivity index (χ1v) is 11.8. The maximum absolute atomic E-state index is 10.2. The highest BCUT2D eigenvalue weighted by Crippen LogP contribution is 2.57. The van der Waals surface area contributed by atoms with Crippen molar-refractivity contribution in [1.82, 2.24) is 0 Å². The van der Waals surface area contributed by atoms with E-state index in [1.807, 2.05) is 20.8 Å². The standard InChI is InChI=1S/C26H42O4/c1-17-20(15-21(27)16-24(17)28)9-8-19-7-6-12-26(5)22(10-11-23(19)26)18(2)30-14-13-25(3,4)29/h7-9,18,21-24,27-29H,6,10-16H2,1-5H3/b9-8+/t18-,21+,22+,23-,24-,26+/m0/s1. The van der Waals surface area contributed by atoms with Crippen LogP contribution >= 0.6 is 0 Å². The van der Waals surface area contributed by atoms with Crippen molar-refractivity contribution in [2.75, 3.05) is 6.61 Å². The molecule has 0 radical (unpaired) electrons. The topological polar surface area (TPSA) is 69.9 Å². The molecule has 30 heavy (non-hydrogen) atoms. The van der Waals surface area contributed by atoms with E-state index in [9.17, 15) is 15.3 Å². The summed E-state index contributed by atoms with van der Waals surface area (Å²) in [5.74, 6) is 1.06. The Morgan fingerprint density at radius 3 is 2.70 bits per heavy atom. The van der Waals surface area contributed by atoms with Crippen LogP contribution in [0.3, 0.4) is 0 Å². The monoisotopic (exact) mass is 418 g/mol. The molecule has 0 aromatic heterocycles. The van der Waals surface area contributed by atoms with E-state index >= 15 is 0 Å². The number of aliphatic hydroxyl groups excluding tert-OH is 2. The van der Waals surface area contributed by atoms with Crippen LogP contribution in [-0.2, 0) is 4.74 Å². The molecule has 6 atom stereocenters. The zero-order valence-corrected chi connectivity index (χ0v) is 19.5. The first kappa shape index (κ1) is 23.7. The molecule has 0 aromatic rings. The Morgan fingerprint density at radius 1 is 1.27 bits per heavy atom. The second kappa shape index (κ2) is 9.28. The van der Waals surface area contributed by atoms with E-state index in [4.69, 9.17) is 4.74 Å². The highest BCUT2D eigenvalue weighted by atomic mass is 16.5. The molecule has 1 fully saturated rings. The fourth-order valence-electron chi connectivity index (χ4n) is 5.97. The minimum atomic E-state index is -0.680. The summed E-state index contributed by atoms with van der Waals surface area (Å²) in [6, 6.07) is 0. The number of aliphatic hydroxyl groups is 3. The molecular formula is C26H42O4. The van der Waals surface area contributed by atoms with Crippen molar-refractivity contribution in [3.63, 3.8) is 0 Å². The zero-order valence-electron chi connectivity index (χ0n) is 19.5. The molecule has 0 spiro atoms. The van der Waals surface area contributed by atoms with Crippen LogP contribution in [0.15, 0.2) is 34.9 Å². The first-order valence-electron chi connectivity index (χ1n) is 11.8. The van der Waals surface area contributed by atoms with Gasteiger partial charge in [-0.1, -0.05) is 25.2 Å². The second-order valence-electron chi connectivity index (χ2n) is 10.8. The van der Waals surface area contributed by atoms with Gasteiger partial charge in [0.15, 0.2) is 0 Å². The van der Waals surface area contributed by atoms with Crippen molar-refractivity contribution in [1.29, 1.82) is 0 Å². The van der Waals surface area contributed by atoms with Crippen LogP contribution in [0.5, 0.6) is 0 Å². The molecule has 170 valence electrons. The normalized spacial score (nSPS) is 36.2. The number of allylic oxidation sites excluding steroid dienone is 4. The lowest BCUT2D eigenvalue weighted by Gasteiger charge is -2.42. The molecule has 0 heterocycles. The van der Waals surface area contributed by atoms with Crippen molar-refractivity contribution in [3.05, 3.63) is 34.9 Å². The molecule has 0 unspecified atom stereocenters. The van der Waals surface area contributed by atoms with E-state index < -0.39 is 17.8 Å². The number of rotatable bonds is 7. The van der Waals surface area contributed by atoms with Gasteiger partial charge in [0.25, 0.3) is 0 Å². The Bertz CT molecular complexity index is 698. The van der Waals surface area contributed by atoms with Gasteiger partial charge in [0.2, 0.25) is 0 Å². The molecule has 3 N–H and O–H groups in total.